The highest BCUT2D eigenvalue weighted by Crippen LogP contribution is 2.57. The molecule has 0 N–H and O–H groups in total. The molecule has 1 aromatic carbocycles. The molecule has 1 aromatic heterocycles. The van der Waals surface area contributed by atoms with Crippen LogP contribution in [0, 0.1) is 0 Å². The lowest BCUT2D eigenvalue weighted by atomic mass is 10.1. The monoisotopic (exact) mass is 668 g/mol. The average Bonchev–Trinajstić information content (AvgIpc) is 3.09. The summed E-state index contributed by atoms with van der Waals surface area (Å²) in [5.41, 5.74) is 2.07. The number of rotatable bonds is 32. The number of ether oxygens (including phenoxy) is 9. The molecule has 0 aliphatic rings. The molecule has 0 aliphatic heterocycles. The molecule has 0 bridgehead atoms. The SMILES string of the molecule is CCOCCOCCOCC[P+](CCOCCOCCOCC)(CCOCCOCCOCC)c1cccc(-c2ccccn2)c1. The molecule has 0 aliphatic carbocycles. The fraction of sp³-hybridized carbons (Fsp3) is 0.686. The summed E-state index contributed by atoms with van der Waals surface area (Å²) in [5, 5.41) is 1.33. The number of pyridine rings is 1. The minimum Gasteiger partial charge on any atom is -0.379 e. The lowest BCUT2D eigenvalue weighted by molar-refractivity contribution is 0.0185. The Hall–Kier alpha value is -1.56. The summed E-state index contributed by atoms with van der Waals surface area (Å²) in [6.07, 6.45) is 4.59. The van der Waals surface area contributed by atoms with E-state index in [-0.39, 0.29) is 0 Å². The van der Waals surface area contributed by atoms with E-state index < -0.39 is 7.26 Å². The average molecular weight is 669 g/mol. The van der Waals surface area contributed by atoms with Gasteiger partial charge in [-0.15, -0.1) is 0 Å². The largest absolute Gasteiger partial charge is 0.379 e. The van der Waals surface area contributed by atoms with Crippen molar-refractivity contribution in [1.82, 2.24) is 4.98 Å². The first kappa shape index (κ1) is 40.6. The van der Waals surface area contributed by atoms with Crippen LogP contribution in [0.15, 0.2) is 48.7 Å². The Morgan fingerprint density at radius 1 is 0.457 bits per heavy atom. The van der Waals surface area contributed by atoms with Gasteiger partial charge in [0, 0.05) is 31.6 Å². The van der Waals surface area contributed by atoms with Gasteiger partial charge in [0.2, 0.25) is 0 Å². The molecule has 11 heteroatoms. The van der Waals surface area contributed by atoms with Gasteiger partial charge in [-0.25, -0.2) is 0 Å². The summed E-state index contributed by atoms with van der Waals surface area (Å²) in [4.78, 5) is 4.61. The van der Waals surface area contributed by atoms with Gasteiger partial charge in [0.1, 0.15) is 0 Å². The van der Waals surface area contributed by atoms with E-state index in [1.807, 2.05) is 39.1 Å². The maximum Gasteiger partial charge on any atom is 0.0948 e. The third-order valence-corrected chi connectivity index (χ3v) is 11.7. The Bertz CT molecular complexity index is 902. The number of hydrogen-bond donors (Lipinski definition) is 0. The standard InChI is InChI=1S/C35H59NO9P/c1-4-37-14-17-40-20-23-43-26-29-46(30-27-44-24-21-41-18-15-38-5-2,31-28-45-25-22-42-19-16-39-6-3)34-11-9-10-33(32-34)35-12-7-8-13-36-35/h7-13,32H,4-6,14-31H2,1-3H3/q+1. The molecule has 0 radical (unpaired) electrons. The van der Waals surface area contributed by atoms with Crippen LogP contribution in [-0.2, 0) is 42.6 Å². The maximum absolute atomic E-state index is 6.12. The summed E-state index contributed by atoms with van der Waals surface area (Å²) in [7, 11) is -1.79. The normalized spacial score (nSPS) is 11.8. The molecular formula is C35H59NO9P+. The number of nitrogens with zero attached hydrogens (tertiary/aromatic N) is 1. The van der Waals surface area contributed by atoms with Crippen LogP contribution >= 0.6 is 7.26 Å². The van der Waals surface area contributed by atoms with E-state index in [1.54, 1.807) is 0 Å². The van der Waals surface area contributed by atoms with Gasteiger partial charge in [0.15, 0.2) is 0 Å². The van der Waals surface area contributed by atoms with E-state index >= 15 is 0 Å². The molecule has 262 valence electrons. The van der Waals surface area contributed by atoms with E-state index in [0.29, 0.717) is 119 Å². The zero-order valence-electron chi connectivity index (χ0n) is 28.5. The quantitative estimate of drug-likeness (QED) is 0.0814. The lowest BCUT2D eigenvalue weighted by Crippen LogP contribution is -2.28. The molecule has 0 saturated heterocycles. The highest BCUT2D eigenvalue weighted by molar-refractivity contribution is 7.83. The van der Waals surface area contributed by atoms with Crippen LogP contribution in [-0.4, -0.2) is 142 Å². The van der Waals surface area contributed by atoms with Crippen molar-refractivity contribution in [3.63, 3.8) is 0 Å². The van der Waals surface area contributed by atoms with Gasteiger partial charge in [-0.2, -0.15) is 0 Å². The fourth-order valence-corrected chi connectivity index (χ4v) is 8.38. The Balaban J connectivity index is 2.08. The van der Waals surface area contributed by atoms with Crippen LogP contribution in [0.5, 0.6) is 0 Å². The van der Waals surface area contributed by atoms with E-state index in [2.05, 4.69) is 35.3 Å². The summed E-state index contributed by atoms with van der Waals surface area (Å²) in [5.74, 6) is 0. The van der Waals surface area contributed by atoms with Crippen LogP contribution in [0.4, 0.5) is 0 Å². The van der Waals surface area contributed by atoms with Crippen LogP contribution < -0.4 is 5.30 Å². The van der Waals surface area contributed by atoms with Gasteiger partial charge in [-0.05, 0) is 45.0 Å². The zero-order valence-corrected chi connectivity index (χ0v) is 29.4. The molecule has 0 amide bonds. The van der Waals surface area contributed by atoms with Crippen molar-refractivity contribution in [2.45, 2.75) is 20.8 Å². The molecule has 0 fully saturated rings. The highest BCUT2D eigenvalue weighted by atomic mass is 31.2. The summed E-state index contributed by atoms with van der Waals surface area (Å²) < 4.78 is 51.4. The van der Waals surface area contributed by atoms with Crippen molar-refractivity contribution in [3.05, 3.63) is 48.7 Å². The summed E-state index contributed by atoms with van der Waals surface area (Å²) >= 11 is 0. The summed E-state index contributed by atoms with van der Waals surface area (Å²) in [6, 6.07) is 14.8. The van der Waals surface area contributed by atoms with E-state index in [9.17, 15) is 0 Å². The van der Waals surface area contributed by atoms with Gasteiger partial charge >= 0.3 is 0 Å². The van der Waals surface area contributed by atoms with Crippen molar-refractivity contribution in [2.24, 2.45) is 0 Å². The van der Waals surface area contributed by atoms with Crippen LogP contribution in [0.2, 0.25) is 0 Å². The van der Waals surface area contributed by atoms with Crippen LogP contribution in [0.25, 0.3) is 11.3 Å². The second-order valence-electron chi connectivity index (χ2n) is 10.3. The van der Waals surface area contributed by atoms with Gasteiger partial charge in [0.25, 0.3) is 0 Å². The Kier molecular flexibility index (Phi) is 25.1. The molecule has 2 aromatic rings. The van der Waals surface area contributed by atoms with E-state index in [4.69, 9.17) is 42.6 Å². The molecule has 46 heavy (non-hydrogen) atoms. The predicted octanol–water partition coefficient (Wildman–Crippen LogP) is 4.60. The first-order valence-corrected chi connectivity index (χ1v) is 19.2. The fourth-order valence-electron chi connectivity index (χ4n) is 4.69. The molecule has 10 nitrogen and oxygen atoms in total. The number of hydrogen-bond acceptors (Lipinski definition) is 10. The maximum atomic E-state index is 6.12. The Morgan fingerprint density at radius 2 is 0.870 bits per heavy atom. The number of aromatic nitrogens is 1. The Morgan fingerprint density at radius 3 is 1.26 bits per heavy atom. The minimum absolute atomic E-state index is 0.547. The molecule has 2 rings (SSSR count). The molecule has 0 spiro atoms. The predicted molar refractivity (Wildman–Crippen MR) is 185 cm³/mol. The number of benzene rings is 1. The topological polar surface area (TPSA) is 96.0 Å². The second kappa shape index (κ2) is 28.5. The third-order valence-electron chi connectivity index (χ3n) is 7.19. The minimum atomic E-state index is -1.79. The van der Waals surface area contributed by atoms with Gasteiger partial charge in [-0.3, -0.25) is 4.98 Å². The first-order chi connectivity index (χ1) is 22.8. The van der Waals surface area contributed by atoms with Crippen molar-refractivity contribution in [2.75, 3.05) is 137 Å². The smallest absolute Gasteiger partial charge is 0.0948 e. The van der Waals surface area contributed by atoms with Crippen molar-refractivity contribution in [1.29, 1.82) is 0 Å². The van der Waals surface area contributed by atoms with Gasteiger partial charge in [0.05, 0.1) is 136 Å². The second-order valence-corrected chi connectivity index (χ2v) is 14.5. The molecule has 0 saturated carbocycles. The van der Waals surface area contributed by atoms with Crippen LogP contribution in [0.1, 0.15) is 20.8 Å². The highest BCUT2D eigenvalue weighted by Gasteiger charge is 2.40. The van der Waals surface area contributed by atoms with E-state index in [0.717, 1.165) is 29.7 Å². The zero-order chi connectivity index (χ0) is 32.8. The molecule has 1 heterocycles. The van der Waals surface area contributed by atoms with Crippen LogP contribution in [0.3, 0.4) is 0 Å². The van der Waals surface area contributed by atoms with Gasteiger partial charge in [-0.1, -0.05) is 18.2 Å². The first-order valence-electron chi connectivity index (χ1n) is 16.8. The molecule has 0 atom stereocenters. The summed E-state index contributed by atoms with van der Waals surface area (Å²) in [6.45, 7) is 16.8. The third kappa shape index (κ3) is 18.7. The van der Waals surface area contributed by atoms with Crippen molar-refractivity contribution < 1.29 is 42.6 Å². The molecule has 0 unspecified atom stereocenters. The van der Waals surface area contributed by atoms with Crippen molar-refractivity contribution >= 4 is 12.6 Å². The van der Waals surface area contributed by atoms with Gasteiger partial charge < -0.3 is 42.6 Å². The Labute approximate surface area is 278 Å². The molecular weight excluding hydrogens is 609 g/mol. The lowest BCUT2D eigenvalue weighted by Gasteiger charge is -2.28. The van der Waals surface area contributed by atoms with E-state index in [1.165, 1.54) is 5.30 Å². The van der Waals surface area contributed by atoms with Crippen molar-refractivity contribution in [3.8, 4) is 11.3 Å².